The summed E-state index contributed by atoms with van der Waals surface area (Å²) < 4.78 is 0. The number of urea groups is 1. The summed E-state index contributed by atoms with van der Waals surface area (Å²) in [6.45, 7) is 5.71. The van der Waals surface area contributed by atoms with Crippen molar-refractivity contribution in [2.75, 3.05) is 27.2 Å². The van der Waals surface area contributed by atoms with Gasteiger partial charge in [-0.05, 0) is 32.2 Å². The maximum Gasteiger partial charge on any atom is 0.333 e. The number of amides is 4. The van der Waals surface area contributed by atoms with Crippen molar-refractivity contribution >= 4 is 17.8 Å². The van der Waals surface area contributed by atoms with E-state index in [1.54, 1.807) is 6.08 Å². The van der Waals surface area contributed by atoms with E-state index >= 15 is 0 Å². The molecule has 19 heavy (non-hydrogen) atoms. The second kappa shape index (κ2) is 6.17. The molecule has 0 radical (unpaired) electrons. The summed E-state index contributed by atoms with van der Waals surface area (Å²) in [5, 5.41) is 0. The van der Waals surface area contributed by atoms with E-state index in [-0.39, 0.29) is 5.57 Å². The van der Waals surface area contributed by atoms with Crippen molar-refractivity contribution in [2.45, 2.75) is 13.8 Å². The molecule has 0 aromatic carbocycles. The zero-order chi connectivity index (χ0) is 14.6. The summed E-state index contributed by atoms with van der Waals surface area (Å²) in [4.78, 5) is 39.1. The Morgan fingerprint density at radius 2 is 1.47 bits per heavy atom. The number of carbonyl (C=O) groups excluding carboxylic acids is 3. The van der Waals surface area contributed by atoms with Gasteiger partial charge in [0.1, 0.15) is 5.57 Å². The van der Waals surface area contributed by atoms with Crippen LogP contribution in [0.3, 0.4) is 0 Å². The van der Waals surface area contributed by atoms with E-state index in [1.165, 1.54) is 20.2 Å². The molecule has 1 rings (SSSR count). The van der Waals surface area contributed by atoms with Gasteiger partial charge in [-0.2, -0.15) is 0 Å². The smallest absolute Gasteiger partial charge is 0.333 e. The largest absolute Gasteiger partial charge is 0.378 e. The summed E-state index contributed by atoms with van der Waals surface area (Å²) in [5.74, 6) is -1.14. The van der Waals surface area contributed by atoms with Crippen LogP contribution in [0.4, 0.5) is 4.79 Å². The monoisotopic (exact) mass is 265 g/mol. The number of allylic oxidation sites excluding steroid dienone is 2. The van der Waals surface area contributed by atoms with Gasteiger partial charge in [0, 0.05) is 27.2 Å². The standard InChI is InChI=1S/C13H19N3O3/c1-5-16(6-2)9-7-8-10-11(17)14(3)13(19)15(4)12(10)18/h7-9H,5-6H2,1-4H3/b9-7-. The van der Waals surface area contributed by atoms with Crippen LogP contribution in [0.25, 0.3) is 0 Å². The normalized spacial score (nSPS) is 16.6. The first-order valence-electron chi connectivity index (χ1n) is 6.16. The van der Waals surface area contributed by atoms with Crippen LogP contribution in [-0.2, 0) is 9.59 Å². The van der Waals surface area contributed by atoms with Gasteiger partial charge in [-0.25, -0.2) is 4.79 Å². The first kappa shape index (κ1) is 14.9. The molecule has 0 saturated carbocycles. The van der Waals surface area contributed by atoms with Crippen molar-refractivity contribution < 1.29 is 14.4 Å². The minimum Gasteiger partial charge on any atom is -0.378 e. The molecule has 0 aromatic heterocycles. The van der Waals surface area contributed by atoms with Crippen molar-refractivity contribution in [2.24, 2.45) is 0 Å². The molecule has 1 aliphatic heterocycles. The van der Waals surface area contributed by atoms with E-state index in [4.69, 9.17) is 0 Å². The van der Waals surface area contributed by atoms with Crippen molar-refractivity contribution in [1.82, 2.24) is 14.7 Å². The molecule has 1 saturated heterocycles. The maximum absolute atomic E-state index is 11.8. The zero-order valence-electron chi connectivity index (χ0n) is 11.7. The Morgan fingerprint density at radius 1 is 1.00 bits per heavy atom. The predicted octanol–water partition coefficient (Wildman–Crippen LogP) is 0.819. The third kappa shape index (κ3) is 3.01. The van der Waals surface area contributed by atoms with E-state index in [0.717, 1.165) is 22.9 Å². The summed E-state index contributed by atoms with van der Waals surface area (Å²) in [6.07, 6.45) is 4.90. The molecule has 0 aliphatic carbocycles. The van der Waals surface area contributed by atoms with Gasteiger partial charge in [-0.15, -0.1) is 0 Å². The maximum atomic E-state index is 11.8. The van der Waals surface area contributed by atoms with Crippen LogP contribution >= 0.6 is 0 Å². The summed E-state index contributed by atoms with van der Waals surface area (Å²) in [7, 11) is 2.71. The number of hydrogen-bond donors (Lipinski definition) is 0. The molecule has 0 bridgehead atoms. The number of nitrogens with zero attached hydrogens (tertiary/aromatic N) is 3. The summed E-state index contributed by atoms with van der Waals surface area (Å²) >= 11 is 0. The Bertz CT molecular complexity index is 424. The molecule has 0 N–H and O–H groups in total. The van der Waals surface area contributed by atoms with Crippen molar-refractivity contribution in [3.63, 3.8) is 0 Å². The zero-order valence-corrected chi connectivity index (χ0v) is 11.7. The molecule has 0 atom stereocenters. The van der Waals surface area contributed by atoms with Crippen LogP contribution in [0, 0.1) is 0 Å². The van der Waals surface area contributed by atoms with E-state index in [1.807, 2.05) is 24.9 Å². The molecule has 1 fully saturated rings. The van der Waals surface area contributed by atoms with Gasteiger partial charge in [0.15, 0.2) is 0 Å². The molecule has 0 unspecified atom stereocenters. The molecule has 1 aliphatic rings. The lowest BCUT2D eigenvalue weighted by molar-refractivity contribution is -0.134. The Balaban J connectivity index is 2.95. The number of carbonyl (C=O) groups is 3. The van der Waals surface area contributed by atoms with Crippen molar-refractivity contribution in [3.8, 4) is 0 Å². The average Bonchev–Trinajstić information content (AvgIpc) is 2.42. The van der Waals surface area contributed by atoms with E-state index < -0.39 is 17.8 Å². The van der Waals surface area contributed by atoms with Crippen LogP contribution in [0.2, 0.25) is 0 Å². The number of likely N-dealkylation sites (N-methyl/N-ethyl adjacent to an activating group) is 2. The van der Waals surface area contributed by atoms with Crippen LogP contribution in [0.1, 0.15) is 13.8 Å². The second-order valence-electron chi connectivity index (χ2n) is 4.15. The van der Waals surface area contributed by atoms with Crippen LogP contribution in [0.5, 0.6) is 0 Å². The fraction of sp³-hybridized carbons (Fsp3) is 0.462. The van der Waals surface area contributed by atoms with Crippen LogP contribution in [0.15, 0.2) is 23.9 Å². The lowest BCUT2D eigenvalue weighted by atomic mass is 10.1. The molecule has 104 valence electrons. The first-order valence-corrected chi connectivity index (χ1v) is 6.16. The Kier molecular flexibility index (Phi) is 4.86. The molecule has 1 heterocycles. The number of hydrogen-bond acceptors (Lipinski definition) is 4. The molecule has 6 heteroatoms. The predicted molar refractivity (Wildman–Crippen MR) is 71.1 cm³/mol. The van der Waals surface area contributed by atoms with Gasteiger partial charge in [-0.3, -0.25) is 19.4 Å². The van der Waals surface area contributed by atoms with E-state index in [2.05, 4.69) is 0 Å². The van der Waals surface area contributed by atoms with Gasteiger partial charge in [-0.1, -0.05) is 0 Å². The number of imide groups is 2. The number of rotatable bonds is 4. The topological polar surface area (TPSA) is 60.9 Å². The van der Waals surface area contributed by atoms with Crippen molar-refractivity contribution in [3.05, 3.63) is 23.9 Å². The highest BCUT2D eigenvalue weighted by molar-refractivity contribution is 6.28. The third-order valence-electron chi connectivity index (χ3n) is 3.02. The van der Waals surface area contributed by atoms with Gasteiger partial charge in [0.05, 0.1) is 0 Å². The highest BCUT2D eigenvalue weighted by Crippen LogP contribution is 2.14. The van der Waals surface area contributed by atoms with Crippen molar-refractivity contribution in [1.29, 1.82) is 0 Å². The molecule has 6 nitrogen and oxygen atoms in total. The average molecular weight is 265 g/mol. The molecular weight excluding hydrogens is 246 g/mol. The molecule has 0 spiro atoms. The van der Waals surface area contributed by atoms with Gasteiger partial charge in [0.2, 0.25) is 0 Å². The SMILES string of the molecule is CCN(/C=C\C=C1C(=O)N(C)C(=O)N(C)C1=O)CC. The van der Waals surface area contributed by atoms with E-state index in [0.29, 0.717) is 0 Å². The lowest BCUT2D eigenvalue weighted by Crippen LogP contribution is -2.52. The quantitative estimate of drug-likeness (QED) is 0.557. The molecular formula is C13H19N3O3. The van der Waals surface area contributed by atoms with Gasteiger partial charge in [0.25, 0.3) is 11.8 Å². The van der Waals surface area contributed by atoms with Crippen LogP contribution in [-0.4, -0.2) is 59.7 Å². The fourth-order valence-corrected chi connectivity index (χ4v) is 1.69. The van der Waals surface area contributed by atoms with Gasteiger partial charge >= 0.3 is 6.03 Å². The Hall–Kier alpha value is -2.11. The summed E-state index contributed by atoms with van der Waals surface area (Å²) in [6, 6.07) is -0.611. The molecule has 0 aromatic rings. The Labute approximate surface area is 112 Å². The van der Waals surface area contributed by atoms with E-state index in [9.17, 15) is 14.4 Å². The highest BCUT2D eigenvalue weighted by atomic mass is 16.2. The second-order valence-corrected chi connectivity index (χ2v) is 4.15. The first-order chi connectivity index (χ1) is 8.93. The number of barbiturate groups is 1. The highest BCUT2D eigenvalue weighted by Gasteiger charge is 2.37. The lowest BCUT2D eigenvalue weighted by Gasteiger charge is -2.28. The summed E-state index contributed by atoms with van der Waals surface area (Å²) in [5.41, 5.74) is -0.00648. The third-order valence-corrected chi connectivity index (χ3v) is 3.02. The molecule has 4 amide bonds. The van der Waals surface area contributed by atoms with Gasteiger partial charge < -0.3 is 4.90 Å². The fourth-order valence-electron chi connectivity index (χ4n) is 1.69. The minimum absolute atomic E-state index is 0.00648. The van der Waals surface area contributed by atoms with Crippen LogP contribution < -0.4 is 0 Å². The minimum atomic E-state index is -0.611. The Morgan fingerprint density at radius 3 is 1.89 bits per heavy atom.